The lowest BCUT2D eigenvalue weighted by Crippen LogP contribution is -2.22. The lowest BCUT2D eigenvalue weighted by molar-refractivity contribution is -0.123. The molecular weight excluding hydrogens is 527 g/mol. The van der Waals surface area contributed by atoms with Crippen molar-refractivity contribution in [2.75, 3.05) is 7.11 Å². The molecule has 0 radical (unpaired) electrons. The second-order valence-electron chi connectivity index (χ2n) is 8.52. The molecule has 1 N–H and O–H groups in total. The highest BCUT2D eigenvalue weighted by molar-refractivity contribution is 14.1. The number of hydrogen-bond donors (Lipinski definition) is 1. The first-order chi connectivity index (χ1) is 14.9. The van der Waals surface area contributed by atoms with Crippen LogP contribution in [0, 0.1) is 20.8 Å². The molecule has 0 bridgehead atoms. The standard InChI is InChI=1S/C24H26ClIN2O3/c1-24-10-4-3-5-18(24)21(24)23(29)28-27-13-16-11-19(26)22(20(12-16)30-2)31-14-15-6-8-17(25)9-7-15/h6-9,11-13,18,21H,3-5,10,14H2,1-2H3,(H,28,29)/b27-13-/t18-,21-,24-/m0/s1. The van der Waals surface area contributed by atoms with Crippen LogP contribution in [-0.2, 0) is 11.4 Å². The zero-order valence-electron chi connectivity index (χ0n) is 17.7. The first-order valence-electron chi connectivity index (χ1n) is 10.5. The maximum Gasteiger partial charge on any atom is 0.244 e. The zero-order valence-corrected chi connectivity index (χ0v) is 20.6. The number of hydrazone groups is 1. The molecule has 4 rings (SSSR count). The molecule has 0 saturated heterocycles. The summed E-state index contributed by atoms with van der Waals surface area (Å²) < 4.78 is 12.4. The number of ether oxygens (including phenoxy) is 2. The van der Waals surface area contributed by atoms with Gasteiger partial charge in [0.05, 0.1) is 16.9 Å². The molecule has 2 aromatic rings. The van der Waals surface area contributed by atoms with Gasteiger partial charge in [0.2, 0.25) is 5.91 Å². The molecule has 0 aliphatic heterocycles. The van der Waals surface area contributed by atoms with E-state index >= 15 is 0 Å². The van der Waals surface area contributed by atoms with Crippen molar-refractivity contribution in [3.8, 4) is 11.5 Å². The van der Waals surface area contributed by atoms with Gasteiger partial charge in [0.25, 0.3) is 0 Å². The van der Waals surface area contributed by atoms with Gasteiger partial charge < -0.3 is 9.47 Å². The molecule has 2 aliphatic rings. The summed E-state index contributed by atoms with van der Waals surface area (Å²) in [4.78, 5) is 12.6. The van der Waals surface area contributed by atoms with Crippen molar-refractivity contribution in [2.24, 2.45) is 22.4 Å². The third-order valence-corrected chi connectivity index (χ3v) is 7.60. The number of nitrogens with one attached hydrogen (secondary N) is 1. The van der Waals surface area contributed by atoms with Gasteiger partial charge in [-0.25, -0.2) is 5.43 Å². The van der Waals surface area contributed by atoms with Crippen LogP contribution in [0.1, 0.15) is 43.7 Å². The van der Waals surface area contributed by atoms with Crippen molar-refractivity contribution in [2.45, 2.75) is 39.2 Å². The Hall–Kier alpha value is -1.80. The van der Waals surface area contributed by atoms with Crippen molar-refractivity contribution in [3.63, 3.8) is 0 Å². The second-order valence-corrected chi connectivity index (χ2v) is 10.1. The minimum atomic E-state index is 0.0372. The number of carbonyl (C=O) groups excluding carboxylic acids is 1. The van der Waals surface area contributed by atoms with E-state index in [4.69, 9.17) is 21.1 Å². The van der Waals surface area contributed by atoms with Crippen LogP contribution in [0.5, 0.6) is 11.5 Å². The molecule has 5 nitrogen and oxygen atoms in total. The molecule has 0 unspecified atom stereocenters. The molecule has 164 valence electrons. The van der Waals surface area contributed by atoms with Gasteiger partial charge >= 0.3 is 0 Å². The average molecular weight is 553 g/mol. The Kier molecular flexibility index (Phi) is 6.77. The Balaban J connectivity index is 1.39. The van der Waals surface area contributed by atoms with Gasteiger partial charge in [-0.05, 0) is 82.2 Å². The summed E-state index contributed by atoms with van der Waals surface area (Å²) in [5.41, 5.74) is 4.77. The predicted octanol–water partition coefficient (Wildman–Crippen LogP) is 5.81. The van der Waals surface area contributed by atoms with E-state index in [0.29, 0.717) is 29.0 Å². The quantitative estimate of drug-likeness (QED) is 0.268. The Labute approximate surface area is 201 Å². The van der Waals surface area contributed by atoms with E-state index in [1.165, 1.54) is 12.8 Å². The van der Waals surface area contributed by atoms with Crippen LogP contribution in [0.4, 0.5) is 0 Å². The summed E-state index contributed by atoms with van der Waals surface area (Å²) in [6.07, 6.45) is 6.42. The van der Waals surface area contributed by atoms with Crippen LogP contribution in [-0.4, -0.2) is 19.2 Å². The fraction of sp³-hybridized carbons (Fsp3) is 0.417. The molecule has 2 saturated carbocycles. The first kappa shape index (κ1) is 22.4. The summed E-state index contributed by atoms with van der Waals surface area (Å²) in [6.45, 7) is 2.65. The average Bonchev–Trinajstić information content (AvgIpc) is 3.39. The molecule has 2 aliphatic carbocycles. The van der Waals surface area contributed by atoms with E-state index < -0.39 is 0 Å². The minimum absolute atomic E-state index is 0.0372. The number of benzene rings is 2. The highest BCUT2D eigenvalue weighted by atomic mass is 127. The molecule has 2 aromatic carbocycles. The van der Waals surface area contributed by atoms with Crippen molar-refractivity contribution in [3.05, 3.63) is 56.1 Å². The van der Waals surface area contributed by atoms with Crippen LogP contribution in [0.3, 0.4) is 0 Å². The number of nitrogens with zero attached hydrogens (tertiary/aromatic N) is 1. The van der Waals surface area contributed by atoms with E-state index in [1.807, 2.05) is 36.4 Å². The van der Waals surface area contributed by atoms with Gasteiger partial charge in [-0.3, -0.25) is 4.79 Å². The smallest absolute Gasteiger partial charge is 0.244 e. The number of fused-ring (bicyclic) bond motifs is 1. The maximum atomic E-state index is 12.6. The molecule has 2 fully saturated rings. The van der Waals surface area contributed by atoms with Gasteiger partial charge in [-0.1, -0.05) is 43.5 Å². The van der Waals surface area contributed by atoms with Crippen LogP contribution in [0.2, 0.25) is 5.02 Å². The van der Waals surface area contributed by atoms with Crippen molar-refractivity contribution >= 4 is 46.3 Å². The van der Waals surface area contributed by atoms with Crippen LogP contribution < -0.4 is 14.9 Å². The van der Waals surface area contributed by atoms with E-state index in [9.17, 15) is 4.79 Å². The minimum Gasteiger partial charge on any atom is -0.493 e. The van der Waals surface area contributed by atoms with Gasteiger partial charge in [0.1, 0.15) is 6.61 Å². The second kappa shape index (κ2) is 9.36. The van der Waals surface area contributed by atoms with Crippen LogP contribution in [0.25, 0.3) is 0 Å². The molecule has 1 amide bonds. The number of carbonyl (C=O) groups is 1. The molecule has 0 heterocycles. The summed E-state index contributed by atoms with van der Waals surface area (Å²) >= 11 is 8.16. The van der Waals surface area contributed by atoms with Crippen molar-refractivity contribution < 1.29 is 14.3 Å². The number of methoxy groups -OCH3 is 1. The Morgan fingerprint density at radius 1 is 1.32 bits per heavy atom. The van der Waals surface area contributed by atoms with E-state index in [0.717, 1.165) is 27.5 Å². The topological polar surface area (TPSA) is 59.9 Å². The van der Waals surface area contributed by atoms with Crippen molar-refractivity contribution in [1.82, 2.24) is 5.43 Å². The Morgan fingerprint density at radius 3 is 2.77 bits per heavy atom. The first-order valence-corrected chi connectivity index (χ1v) is 12.0. The van der Waals surface area contributed by atoms with E-state index in [-0.39, 0.29) is 17.2 Å². The number of hydrogen-bond acceptors (Lipinski definition) is 4. The van der Waals surface area contributed by atoms with Crippen LogP contribution in [0.15, 0.2) is 41.5 Å². The summed E-state index contributed by atoms with van der Waals surface area (Å²) in [5.74, 6) is 1.96. The Bertz CT molecular complexity index is 995. The monoisotopic (exact) mass is 552 g/mol. The molecule has 3 atom stereocenters. The largest absolute Gasteiger partial charge is 0.493 e. The van der Waals surface area contributed by atoms with E-state index in [2.05, 4.69) is 40.0 Å². The highest BCUT2D eigenvalue weighted by Crippen LogP contribution is 2.66. The SMILES string of the molecule is COc1cc(/C=N\NC(=O)[C@@H]2[C@@H]3CCCC[C@]23C)cc(I)c1OCc1ccc(Cl)cc1. The van der Waals surface area contributed by atoms with Gasteiger partial charge in [-0.2, -0.15) is 5.10 Å². The molecule has 7 heteroatoms. The normalized spacial score (nSPS) is 24.5. The molecule has 31 heavy (non-hydrogen) atoms. The summed E-state index contributed by atoms with van der Waals surface area (Å²) in [7, 11) is 1.61. The van der Waals surface area contributed by atoms with Gasteiger partial charge in [-0.15, -0.1) is 0 Å². The zero-order chi connectivity index (χ0) is 22.0. The third-order valence-electron chi connectivity index (χ3n) is 6.55. The molecular formula is C24H26ClIN2O3. The molecule has 0 aromatic heterocycles. The predicted molar refractivity (Wildman–Crippen MR) is 131 cm³/mol. The lowest BCUT2D eigenvalue weighted by Gasteiger charge is -2.15. The molecule has 0 spiro atoms. The van der Waals surface area contributed by atoms with Crippen LogP contribution >= 0.6 is 34.2 Å². The number of halogens is 2. The van der Waals surface area contributed by atoms with Gasteiger partial charge in [0.15, 0.2) is 11.5 Å². The Morgan fingerprint density at radius 2 is 2.10 bits per heavy atom. The lowest BCUT2D eigenvalue weighted by atomic mass is 9.90. The number of rotatable bonds is 7. The van der Waals surface area contributed by atoms with E-state index in [1.54, 1.807) is 13.3 Å². The maximum absolute atomic E-state index is 12.6. The van der Waals surface area contributed by atoms with Gasteiger partial charge in [0, 0.05) is 10.9 Å². The summed E-state index contributed by atoms with van der Waals surface area (Å²) in [6, 6.07) is 11.4. The fourth-order valence-corrected chi connectivity index (χ4v) is 5.69. The third kappa shape index (κ3) is 4.85. The highest BCUT2D eigenvalue weighted by Gasteiger charge is 2.64. The summed E-state index contributed by atoms with van der Waals surface area (Å²) in [5, 5.41) is 4.90. The van der Waals surface area contributed by atoms with Crippen molar-refractivity contribution in [1.29, 1.82) is 0 Å². The number of amides is 1. The fourth-order valence-electron chi connectivity index (χ4n) is 4.78.